The van der Waals surface area contributed by atoms with Gasteiger partial charge < -0.3 is 10.0 Å². The lowest BCUT2D eigenvalue weighted by Gasteiger charge is -2.34. The first kappa shape index (κ1) is 12.8. The summed E-state index contributed by atoms with van der Waals surface area (Å²) in [7, 11) is 0. The number of thioether (sulfide) groups is 1. The molecule has 88 valence electrons. The van der Waals surface area contributed by atoms with E-state index >= 15 is 0 Å². The first-order chi connectivity index (χ1) is 7.09. The lowest BCUT2D eigenvalue weighted by molar-refractivity contribution is -0.137. The Morgan fingerprint density at radius 3 is 2.93 bits per heavy atom. The Morgan fingerprint density at radius 1 is 1.60 bits per heavy atom. The second kappa shape index (κ2) is 6.38. The molecule has 0 aromatic heterocycles. The van der Waals surface area contributed by atoms with Crippen molar-refractivity contribution in [1.82, 2.24) is 4.90 Å². The molecular weight excluding hydrogens is 210 g/mol. The van der Waals surface area contributed by atoms with E-state index in [4.69, 9.17) is 5.11 Å². The van der Waals surface area contributed by atoms with Crippen LogP contribution < -0.4 is 0 Å². The highest BCUT2D eigenvalue weighted by Crippen LogP contribution is 2.24. The van der Waals surface area contributed by atoms with Gasteiger partial charge in [-0.15, -0.1) is 0 Å². The van der Waals surface area contributed by atoms with E-state index < -0.39 is 5.97 Å². The summed E-state index contributed by atoms with van der Waals surface area (Å²) in [6, 6.07) is 0. The summed E-state index contributed by atoms with van der Waals surface area (Å²) >= 11 is 2.06. The fourth-order valence-electron chi connectivity index (χ4n) is 1.79. The zero-order valence-corrected chi connectivity index (χ0v) is 10.4. The van der Waals surface area contributed by atoms with Crippen LogP contribution in [-0.4, -0.2) is 46.6 Å². The van der Waals surface area contributed by atoms with Crippen LogP contribution in [0.1, 0.15) is 26.7 Å². The fourth-order valence-corrected chi connectivity index (χ4v) is 3.16. The number of carbonyl (C=O) groups is 1. The van der Waals surface area contributed by atoms with Gasteiger partial charge in [0.1, 0.15) is 0 Å². The molecule has 15 heavy (non-hydrogen) atoms. The summed E-state index contributed by atoms with van der Waals surface area (Å²) in [5, 5.41) is 9.29. The molecule has 0 amide bonds. The van der Waals surface area contributed by atoms with Gasteiger partial charge in [-0.05, 0) is 18.9 Å². The monoisotopic (exact) mass is 231 g/mol. The molecule has 3 nitrogen and oxygen atoms in total. The third-order valence-electron chi connectivity index (χ3n) is 2.79. The molecule has 0 unspecified atom stereocenters. The number of carboxylic acids is 1. The zero-order valence-electron chi connectivity index (χ0n) is 9.61. The molecule has 1 saturated heterocycles. The molecular formula is C11H21NO2S. The Labute approximate surface area is 96.2 Å². The van der Waals surface area contributed by atoms with E-state index in [1.165, 1.54) is 5.75 Å². The first-order valence-electron chi connectivity index (χ1n) is 5.65. The molecule has 0 aliphatic carbocycles. The first-order valence-corrected chi connectivity index (χ1v) is 6.70. The lowest BCUT2D eigenvalue weighted by Crippen LogP contribution is -2.40. The number of carboxylic acid groups (broad SMARTS) is 1. The number of hydrogen-bond acceptors (Lipinski definition) is 3. The minimum Gasteiger partial charge on any atom is -0.481 e. The Bertz CT molecular complexity index is 209. The minimum absolute atomic E-state index is 0.302. The average Bonchev–Trinajstić information content (AvgIpc) is 2.17. The van der Waals surface area contributed by atoms with Crippen LogP contribution >= 0.6 is 11.8 Å². The topological polar surface area (TPSA) is 40.5 Å². The summed E-state index contributed by atoms with van der Waals surface area (Å²) < 4.78 is 0. The van der Waals surface area contributed by atoms with Crippen molar-refractivity contribution in [2.75, 3.05) is 25.4 Å². The molecule has 0 spiro atoms. The maximum atomic E-state index is 10.4. The number of hydrogen-bond donors (Lipinski definition) is 1. The molecule has 0 saturated carbocycles. The Morgan fingerprint density at radius 2 is 2.33 bits per heavy atom. The predicted molar refractivity (Wildman–Crippen MR) is 64.4 cm³/mol. The quantitative estimate of drug-likeness (QED) is 0.785. The second-order valence-corrected chi connectivity index (χ2v) is 5.80. The molecule has 1 atom stereocenters. The molecule has 1 aliphatic heterocycles. The summed E-state index contributed by atoms with van der Waals surface area (Å²) in [4.78, 5) is 12.8. The van der Waals surface area contributed by atoms with Gasteiger partial charge in [-0.1, -0.05) is 13.8 Å². The van der Waals surface area contributed by atoms with Crippen LogP contribution in [0, 0.1) is 5.92 Å². The summed E-state index contributed by atoms with van der Waals surface area (Å²) in [5.41, 5.74) is 0. The zero-order chi connectivity index (χ0) is 11.3. The van der Waals surface area contributed by atoms with Crippen LogP contribution in [0.4, 0.5) is 0 Å². The predicted octanol–water partition coefficient (Wildman–Crippen LogP) is 1.92. The third kappa shape index (κ3) is 4.89. The van der Waals surface area contributed by atoms with Crippen LogP contribution in [0.25, 0.3) is 0 Å². The van der Waals surface area contributed by atoms with Crippen LogP contribution in [0.3, 0.4) is 0 Å². The molecule has 1 N–H and O–H groups in total. The molecule has 1 heterocycles. The lowest BCUT2D eigenvalue weighted by atomic mass is 10.1. The number of aliphatic carboxylic acids is 1. The van der Waals surface area contributed by atoms with Gasteiger partial charge in [0, 0.05) is 30.5 Å². The largest absolute Gasteiger partial charge is 0.481 e. The number of nitrogens with zero attached hydrogens (tertiary/aromatic N) is 1. The molecule has 0 bridgehead atoms. The summed E-state index contributed by atoms with van der Waals surface area (Å²) in [6.07, 6.45) is 1.08. The van der Waals surface area contributed by atoms with E-state index in [-0.39, 0.29) is 0 Å². The van der Waals surface area contributed by atoms with Crippen molar-refractivity contribution in [3.63, 3.8) is 0 Å². The normalized spacial score (nSPS) is 23.3. The Kier molecular flexibility index (Phi) is 5.47. The summed E-state index contributed by atoms with van der Waals surface area (Å²) in [6.45, 7) is 7.71. The Balaban J connectivity index is 2.21. The standard InChI is InChI=1S/C11H21NO2S/c1-9(2)10-8-12(6-7-15-10)5-3-4-11(13)14/h9-10H,3-8H2,1-2H3,(H,13,14)/t10-/m1/s1. The van der Waals surface area contributed by atoms with Crippen molar-refractivity contribution in [2.45, 2.75) is 31.9 Å². The maximum absolute atomic E-state index is 10.4. The van der Waals surface area contributed by atoms with Gasteiger partial charge in [0.15, 0.2) is 0 Å². The maximum Gasteiger partial charge on any atom is 0.303 e. The van der Waals surface area contributed by atoms with Crippen molar-refractivity contribution < 1.29 is 9.90 Å². The summed E-state index contributed by atoms with van der Waals surface area (Å²) in [5.74, 6) is 1.23. The molecule has 1 fully saturated rings. The molecule has 0 aromatic rings. The molecule has 0 radical (unpaired) electrons. The van der Waals surface area contributed by atoms with Gasteiger partial charge in [-0.3, -0.25) is 4.79 Å². The van der Waals surface area contributed by atoms with Crippen LogP contribution in [0.2, 0.25) is 0 Å². The van der Waals surface area contributed by atoms with Crippen molar-refractivity contribution in [3.05, 3.63) is 0 Å². The third-order valence-corrected chi connectivity index (χ3v) is 4.33. The van der Waals surface area contributed by atoms with E-state index in [1.54, 1.807) is 0 Å². The van der Waals surface area contributed by atoms with E-state index in [9.17, 15) is 4.79 Å². The van der Waals surface area contributed by atoms with E-state index in [0.717, 1.165) is 37.2 Å². The van der Waals surface area contributed by atoms with Crippen LogP contribution in [0.15, 0.2) is 0 Å². The van der Waals surface area contributed by atoms with E-state index in [2.05, 4.69) is 30.5 Å². The average molecular weight is 231 g/mol. The second-order valence-electron chi connectivity index (χ2n) is 4.45. The van der Waals surface area contributed by atoms with Crippen molar-refractivity contribution >= 4 is 17.7 Å². The van der Waals surface area contributed by atoms with Crippen molar-refractivity contribution in [2.24, 2.45) is 5.92 Å². The van der Waals surface area contributed by atoms with E-state index in [1.807, 2.05) is 0 Å². The van der Waals surface area contributed by atoms with Gasteiger partial charge in [-0.2, -0.15) is 11.8 Å². The van der Waals surface area contributed by atoms with E-state index in [0.29, 0.717) is 6.42 Å². The molecule has 0 aromatic carbocycles. The molecule has 1 aliphatic rings. The molecule has 4 heteroatoms. The SMILES string of the molecule is CC(C)[C@H]1CN(CCCC(=O)O)CCS1. The number of rotatable bonds is 5. The fraction of sp³-hybridized carbons (Fsp3) is 0.909. The van der Waals surface area contributed by atoms with Gasteiger partial charge in [-0.25, -0.2) is 0 Å². The van der Waals surface area contributed by atoms with Crippen molar-refractivity contribution in [1.29, 1.82) is 0 Å². The smallest absolute Gasteiger partial charge is 0.303 e. The van der Waals surface area contributed by atoms with Crippen LogP contribution in [-0.2, 0) is 4.79 Å². The van der Waals surface area contributed by atoms with Crippen LogP contribution in [0.5, 0.6) is 0 Å². The Hall–Kier alpha value is -0.220. The minimum atomic E-state index is -0.679. The van der Waals surface area contributed by atoms with Gasteiger partial charge in [0.2, 0.25) is 0 Å². The molecule has 1 rings (SSSR count). The van der Waals surface area contributed by atoms with Crippen molar-refractivity contribution in [3.8, 4) is 0 Å². The van der Waals surface area contributed by atoms with Gasteiger partial charge in [0.25, 0.3) is 0 Å². The highest BCUT2D eigenvalue weighted by atomic mass is 32.2. The highest BCUT2D eigenvalue weighted by molar-refractivity contribution is 8.00. The van der Waals surface area contributed by atoms with Gasteiger partial charge in [0.05, 0.1) is 0 Å². The highest BCUT2D eigenvalue weighted by Gasteiger charge is 2.22. The van der Waals surface area contributed by atoms with Gasteiger partial charge >= 0.3 is 5.97 Å².